The maximum Gasteiger partial charge on any atom is 0.323 e. The van der Waals surface area contributed by atoms with Crippen LogP contribution < -0.4 is 11.1 Å². The zero-order valence-corrected chi connectivity index (χ0v) is 9.11. The second kappa shape index (κ2) is 5.58. The molecule has 0 aliphatic carbocycles. The normalized spacial score (nSPS) is 20.6. The van der Waals surface area contributed by atoms with Crippen molar-refractivity contribution >= 4 is 17.7 Å². The van der Waals surface area contributed by atoms with Gasteiger partial charge in [0, 0.05) is 0 Å². The van der Waals surface area contributed by atoms with Gasteiger partial charge < -0.3 is 16.2 Å². The topological polar surface area (TPSA) is 75.3 Å². The van der Waals surface area contributed by atoms with Crippen LogP contribution in [-0.4, -0.2) is 41.2 Å². The van der Waals surface area contributed by atoms with Crippen LogP contribution >= 0.6 is 11.8 Å². The Hall–Kier alpha value is -0.260. The van der Waals surface area contributed by atoms with Crippen LogP contribution in [0.25, 0.3) is 0 Å². The lowest BCUT2D eigenvalue weighted by Crippen LogP contribution is -2.54. The van der Waals surface area contributed by atoms with Gasteiger partial charge in [0.15, 0.2) is 0 Å². The summed E-state index contributed by atoms with van der Waals surface area (Å²) in [5, 5.41) is 12.3. The van der Waals surface area contributed by atoms with Crippen LogP contribution in [0.2, 0.25) is 0 Å². The number of thioether (sulfide) groups is 1. The molecule has 0 aromatic rings. The predicted octanol–water partition coefficient (Wildman–Crippen LogP) is 0.275. The summed E-state index contributed by atoms with van der Waals surface area (Å²) in [5.74, 6) is 1.15. The third-order valence-electron chi connectivity index (χ3n) is 2.60. The largest absolute Gasteiger partial charge is 0.480 e. The molecule has 1 rings (SSSR count). The molecule has 0 aromatic heterocycles. The van der Waals surface area contributed by atoms with Crippen LogP contribution in [0.15, 0.2) is 0 Å². The Morgan fingerprint density at radius 2 is 2.14 bits per heavy atom. The summed E-state index contributed by atoms with van der Waals surface area (Å²) >= 11 is 1.83. The summed E-state index contributed by atoms with van der Waals surface area (Å²) in [4.78, 5) is 11.2. The molecule has 4 N–H and O–H groups in total. The van der Waals surface area contributed by atoms with Crippen molar-refractivity contribution in [1.82, 2.24) is 5.32 Å². The molecule has 0 saturated carbocycles. The maximum absolute atomic E-state index is 11.2. The summed E-state index contributed by atoms with van der Waals surface area (Å²) in [6.45, 7) is 1.31. The van der Waals surface area contributed by atoms with Crippen molar-refractivity contribution in [2.75, 3.05) is 24.6 Å². The van der Waals surface area contributed by atoms with E-state index < -0.39 is 11.5 Å². The van der Waals surface area contributed by atoms with Gasteiger partial charge in [0.1, 0.15) is 5.54 Å². The Labute approximate surface area is 88.6 Å². The summed E-state index contributed by atoms with van der Waals surface area (Å²) in [6.07, 6.45) is 2.28. The van der Waals surface area contributed by atoms with Crippen molar-refractivity contribution in [2.45, 2.75) is 24.8 Å². The molecule has 1 aliphatic rings. The molecule has 0 atom stereocenters. The van der Waals surface area contributed by atoms with Gasteiger partial charge in [0.25, 0.3) is 0 Å². The molecule has 0 amide bonds. The van der Waals surface area contributed by atoms with Gasteiger partial charge in [-0.1, -0.05) is 0 Å². The minimum Gasteiger partial charge on any atom is -0.480 e. The van der Waals surface area contributed by atoms with E-state index in [2.05, 4.69) is 5.32 Å². The van der Waals surface area contributed by atoms with E-state index in [0.29, 0.717) is 13.1 Å². The van der Waals surface area contributed by atoms with Gasteiger partial charge in [0.05, 0.1) is 0 Å². The van der Waals surface area contributed by atoms with Gasteiger partial charge in [-0.25, -0.2) is 0 Å². The third-order valence-corrected chi connectivity index (χ3v) is 3.59. The Bertz CT molecular complexity index is 193. The van der Waals surface area contributed by atoms with Crippen molar-refractivity contribution in [2.24, 2.45) is 5.73 Å². The molecule has 0 spiro atoms. The smallest absolute Gasteiger partial charge is 0.323 e. The van der Waals surface area contributed by atoms with Gasteiger partial charge >= 0.3 is 5.97 Å². The number of nitrogens with two attached hydrogens (primary N) is 1. The fourth-order valence-corrected chi connectivity index (χ4v) is 2.81. The molecule has 1 saturated heterocycles. The molecule has 0 unspecified atom stereocenters. The number of rotatable bonds is 5. The van der Waals surface area contributed by atoms with E-state index in [9.17, 15) is 9.90 Å². The van der Waals surface area contributed by atoms with Gasteiger partial charge in [-0.05, 0) is 43.9 Å². The molecule has 1 fully saturated rings. The monoisotopic (exact) mass is 218 g/mol. The number of hydrogen-bond donors (Lipinski definition) is 3. The van der Waals surface area contributed by atoms with Crippen LogP contribution in [0.5, 0.6) is 0 Å². The maximum atomic E-state index is 11.2. The molecular weight excluding hydrogens is 200 g/mol. The number of hydrogen-bond acceptors (Lipinski definition) is 4. The number of aliphatic carboxylic acids is 1. The van der Waals surface area contributed by atoms with Crippen LogP contribution in [0.1, 0.15) is 19.3 Å². The first-order valence-electron chi connectivity index (χ1n) is 4.97. The van der Waals surface area contributed by atoms with Crippen molar-refractivity contribution in [1.29, 1.82) is 0 Å². The van der Waals surface area contributed by atoms with E-state index in [1.807, 2.05) is 11.8 Å². The van der Waals surface area contributed by atoms with Crippen LogP contribution in [-0.2, 0) is 4.79 Å². The van der Waals surface area contributed by atoms with E-state index in [4.69, 9.17) is 5.73 Å². The second-order valence-electron chi connectivity index (χ2n) is 3.57. The molecule has 0 radical (unpaired) electrons. The van der Waals surface area contributed by atoms with E-state index in [1.54, 1.807) is 0 Å². The van der Waals surface area contributed by atoms with Gasteiger partial charge in [-0.3, -0.25) is 4.79 Å². The molecule has 0 bridgehead atoms. The Balaban J connectivity index is 2.47. The first kappa shape index (κ1) is 11.8. The fourth-order valence-electron chi connectivity index (χ4n) is 1.62. The van der Waals surface area contributed by atoms with Crippen LogP contribution in [0.3, 0.4) is 0 Å². The zero-order chi connectivity index (χ0) is 10.4. The average Bonchev–Trinajstić information content (AvgIpc) is 2.19. The average molecular weight is 218 g/mol. The number of nitrogens with one attached hydrogen (secondary N) is 1. The summed E-state index contributed by atoms with van der Waals surface area (Å²) < 4.78 is 0. The highest BCUT2D eigenvalue weighted by atomic mass is 32.2. The van der Waals surface area contributed by atoms with Crippen molar-refractivity contribution in [3.63, 3.8) is 0 Å². The van der Waals surface area contributed by atoms with Gasteiger partial charge in [0.2, 0.25) is 0 Å². The van der Waals surface area contributed by atoms with Crippen molar-refractivity contribution in [3.05, 3.63) is 0 Å². The molecular formula is C9H18N2O2S. The summed E-state index contributed by atoms with van der Waals surface area (Å²) in [7, 11) is 0. The Morgan fingerprint density at radius 3 is 2.64 bits per heavy atom. The molecule has 1 heterocycles. The standard InChI is InChI=1S/C9H18N2O2S/c10-4-1-5-11-9(8(12)13)2-6-14-7-3-9/h11H,1-7,10H2,(H,12,13). The fraction of sp³-hybridized carbons (Fsp3) is 0.889. The van der Waals surface area contributed by atoms with Crippen molar-refractivity contribution < 1.29 is 9.90 Å². The molecule has 4 nitrogen and oxygen atoms in total. The minimum absolute atomic E-state index is 0.609. The van der Waals surface area contributed by atoms with E-state index in [-0.39, 0.29) is 0 Å². The second-order valence-corrected chi connectivity index (χ2v) is 4.79. The SMILES string of the molecule is NCCCNC1(C(=O)O)CCSCC1. The number of carboxylic acids is 1. The van der Waals surface area contributed by atoms with E-state index >= 15 is 0 Å². The highest BCUT2D eigenvalue weighted by Gasteiger charge is 2.38. The predicted molar refractivity (Wildman–Crippen MR) is 58.6 cm³/mol. The summed E-state index contributed by atoms with van der Waals surface area (Å²) in [5.41, 5.74) is 4.69. The molecule has 1 aliphatic heterocycles. The van der Waals surface area contributed by atoms with Crippen LogP contribution in [0, 0.1) is 0 Å². The third kappa shape index (κ3) is 2.87. The Morgan fingerprint density at radius 1 is 1.50 bits per heavy atom. The van der Waals surface area contributed by atoms with Gasteiger partial charge in [-0.15, -0.1) is 0 Å². The molecule has 14 heavy (non-hydrogen) atoms. The lowest BCUT2D eigenvalue weighted by Gasteiger charge is -2.33. The Kier molecular flexibility index (Phi) is 4.71. The lowest BCUT2D eigenvalue weighted by atomic mass is 9.92. The first-order chi connectivity index (χ1) is 6.71. The molecule has 5 heteroatoms. The van der Waals surface area contributed by atoms with Crippen LogP contribution in [0.4, 0.5) is 0 Å². The zero-order valence-electron chi connectivity index (χ0n) is 8.29. The highest BCUT2D eigenvalue weighted by Crippen LogP contribution is 2.27. The van der Waals surface area contributed by atoms with Gasteiger partial charge in [-0.2, -0.15) is 11.8 Å². The first-order valence-corrected chi connectivity index (χ1v) is 6.13. The quantitative estimate of drug-likeness (QED) is 0.578. The van der Waals surface area contributed by atoms with Crippen molar-refractivity contribution in [3.8, 4) is 0 Å². The lowest BCUT2D eigenvalue weighted by molar-refractivity contribution is -0.145. The minimum atomic E-state index is -0.713. The van der Waals surface area contributed by atoms with E-state index in [0.717, 1.165) is 30.8 Å². The number of carboxylic acid groups (broad SMARTS) is 1. The molecule has 0 aromatic carbocycles. The summed E-state index contributed by atoms with van der Waals surface area (Å²) in [6, 6.07) is 0. The molecule has 82 valence electrons. The van der Waals surface area contributed by atoms with E-state index in [1.165, 1.54) is 0 Å². The highest BCUT2D eigenvalue weighted by molar-refractivity contribution is 7.99. The number of carbonyl (C=O) groups is 1.